The molecule has 0 bridgehead atoms. The SMILES string of the molecule is COC(=O)C1(NC(C)C)CCCC(Sc2ccoc2C)C1. The van der Waals surface area contributed by atoms with E-state index < -0.39 is 5.54 Å². The third-order valence-electron chi connectivity index (χ3n) is 3.95. The fourth-order valence-electron chi connectivity index (χ4n) is 3.12. The van der Waals surface area contributed by atoms with Crippen LogP contribution in [0.15, 0.2) is 21.6 Å². The Morgan fingerprint density at radius 2 is 2.33 bits per heavy atom. The zero-order valence-electron chi connectivity index (χ0n) is 13.3. The highest BCUT2D eigenvalue weighted by molar-refractivity contribution is 8.00. The Morgan fingerprint density at radius 3 is 2.90 bits per heavy atom. The lowest BCUT2D eigenvalue weighted by molar-refractivity contribution is -0.150. The van der Waals surface area contributed by atoms with Crippen LogP contribution in [0.25, 0.3) is 0 Å². The molecule has 1 aliphatic rings. The summed E-state index contributed by atoms with van der Waals surface area (Å²) < 4.78 is 10.4. The van der Waals surface area contributed by atoms with Gasteiger partial charge < -0.3 is 9.15 Å². The second kappa shape index (κ2) is 6.88. The van der Waals surface area contributed by atoms with Crippen molar-refractivity contribution >= 4 is 17.7 Å². The van der Waals surface area contributed by atoms with E-state index in [0.717, 1.165) is 31.4 Å². The second-order valence-electron chi connectivity index (χ2n) is 6.05. The average Bonchev–Trinajstić information content (AvgIpc) is 2.83. The van der Waals surface area contributed by atoms with Gasteiger partial charge in [0.15, 0.2) is 0 Å². The second-order valence-corrected chi connectivity index (χ2v) is 7.39. The normalized spacial score (nSPS) is 26.0. The van der Waals surface area contributed by atoms with Crippen molar-refractivity contribution in [3.05, 3.63) is 18.1 Å². The van der Waals surface area contributed by atoms with Crippen LogP contribution in [0.3, 0.4) is 0 Å². The van der Waals surface area contributed by atoms with Crippen molar-refractivity contribution in [1.82, 2.24) is 5.32 Å². The van der Waals surface area contributed by atoms with Crippen LogP contribution < -0.4 is 5.32 Å². The smallest absolute Gasteiger partial charge is 0.326 e. The summed E-state index contributed by atoms with van der Waals surface area (Å²) in [5.74, 6) is 0.816. The van der Waals surface area contributed by atoms with E-state index in [-0.39, 0.29) is 12.0 Å². The zero-order chi connectivity index (χ0) is 15.5. The Morgan fingerprint density at radius 1 is 1.57 bits per heavy atom. The van der Waals surface area contributed by atoms with Crippen molar-refractivity contribution in [3.8, 4) is 0 Å². The van der Waals surface area contributed by atoms with Gasteiger partial charge in [0.1, 0.15) is 11.3 Å². The molecular weight excluding hydrogens is 286 g/mol. The largest absolute Gasteiger partial charge is 0.468 e. The minimum atomic E-state index is -0.545. The van der Waals surface area contributed by atoms with E-state index in [0.29, 0.717) is 5.25 Å². The number of rotatable bonds is 5. The summed E-state index contributed by atoms with van der Waals surface area (Å²) in [6.07, 6.45) is 5.52. The van der Waals surface area contributed by atoms with Gasteiger partial charge in [0.25, 0.3) is 0 Å². The number of thioether (sulfide) groups is 1. The van der Waals surface area contributed by atoms with Crippen molar-refractivity contribution < 1.29 is 13.9 Å². The number of hydrogen-bond donors (Lipinski definition) is 1. The van der Waals surface area contributed by atoms with Crippen LogP contribution in [-0.4, -0.2) is 29.9 Å². The van der Waals surface area contributed by atoms with E-state index in [1.165, 1.54) is 12.0 Å². The molecule has 1 aromatic rings. The van der Waals surface area contributed by atoms with E-state index in [9.17, 15) is 4.79 Å². The Balaban J connectivity index is 2.12. The van der Waals surface area contributed by atoms with Crippen molar-refractivity contribution in [2.75, 3.05) is 7.11 Å². The summed E-state index contributed by atoms with van der Waals surface area (Å²) in [5.41, 5.74) is -0.545. The minimum Gasteiger partial charge on any atom is -0.468 e. The number of methoxy groups -OCH3 is 1. The van der Waals surface area contributed by atoms with E-state index in [2.05, 4.69) is 19.2 Å². The molecular formula is C16H25NO3S. The van der Waals surface area contributed by atoms with Gasteiger partial charge in [-0.3, -0.25) is 10.1 Å². The van der Waals surface area contributed by atoms with Gasteiger partial charge in [0.2, 0.25) is 0 Å². The van der Waals surface area contributed by atoms with Gasteiger partial charge in [0.05, 0.1) is 13.4 Å². The first-order chi connectivity index (χ1) is 9.97. The number of esters is 1. The molecule has 1 aliphatic carbocycles. The zero-order valence-corrected chi connectivity index (χ0v) is 14.1. The van der Waals surface area contributed by atoms with Gasteiger partial charge >= 0.3 is 5.97 Å². The summed E-state index contributed by atoms with van der Waals surface area (Å²) in [7, 11) is 1.48. The van der Waals surface area contributed by atoms with Crippen LogP contribution in [0.1, 0.15) is 45.3 Å². The molecule has 0 saturated heterocycles. The third kappa shape index (κ3) is 3.83. The molecule has 0 spiro atoms. The number of nitrogens with one attached hydrogen (secondary N) is 1. The Labute approximate surface area is 131 Å². The molecule has 5 heteroatoms. The van der Waals surface area contributed by atoms with Crippen molar-refractivity contribution in [2.24, 2.45) is 0 Å². The topological polar surface area (TPSA) is 51.5 Å². The number of hydrogen-bond acceptors (Lipinski definition) is 5. The maximum atomic E-state index is 12.3. The summed E-state index contributed by atoms with van der Waals surface area (Å²) in [6.45, 7) is 6.12. The number of carbonyl (C=O) groups excluding carboxylic acids is 1. The van der Waals surface area contributed by atoms with Gasteiger partial charge in [-0.2, -0.15) is 0 Å². The van der Waals surface area contributed by atoms with Crippen LogP contribution in [0, 0.1) is 6.92 Å². The quantitative estimate of drug-likeness (QED) is 0.843. The van der Waals surface area contributed by atoms with Gasteiger partial charge in [-0.15, -0.1) is 11.8 Å². The van der Waals surface area contributed by atoms with Gasteiger partial charge in [0, 0.05) is 16.2 Å². The molecule has 0 amide bonds. The molecule has 2 unspecified atom stereocenters. The number of ether oxygens (including phenoxy) is 1. The fraction of sp³-hybridized carbons (Fsp3) is 0.688. The summed E-state index contributed by atoms with van der Waals surface area (Å²) in [6, 6.07) is 2.26. The Kier molecular flexibility index (Phi) is 5.38. The molecule has 2 atom stereocenters. The fourth-order valence-corrected chi connectivity index (χ4v) is 4.48. The van der Waals surface area contributed by atoms with Crippen LogP contribution in [0.5, 0.6) is 0 Å². The lowest BCUT2D eigenvalue weighted by Gasteiger charge is -2.40. The monoisotopic (exact) mass is 311 g/mol. The molecule has 21 heavy (non-hydrogen) atoms. The molecule has 1 saturated carbocycles. The average molecular weight is 311 g/mol. The first-order valence-corrected chi connectivity index (χ1v) is 8.41. The van der Waals surface area contributed by atoms with Gasteiger partial charge in [-0.1, -0.05) is 0 Å². The molecule has 2 rings (SSSR count). The summed E-state index contributed by atoms with van der Waals surface area (Å²) >= 11 is 1.81. The molecule has 0 aliphatic heterocycles. The Bertz CT molecular complexity index is 486. The van der Waals surface area contributed by atoms with E-state index in [1.807, 2.05) is 24.8 Å². The lowest BCUT2D eigenvalue weighted by Crippen LogP contribution is -2.58. The highest BCUT2D eigenvalue weighted by Crippen LogP contribution is 2.40. The maximum Gasteiger partial charge on any atom is 0.326 e. The lowest BCUT2D eigenvalue weighted by atomic mass is 9.81. The summed E-state index contributed by atoms with van der Waals surface area (Å²) in [4.78, 5) is 13.5. The highest BCUT2D eigenvalue weighted by Gasteiger charge is 2.44. The molecule has 1 heterocycles. The molecule has 1 fully saturated rings. The van der Waals surface area contributed by atoms with Crippen LogP contribution >= 0.6 is 11.8 Å². The van der Waals surface area contributed by atoms with E-state index >= 15 is 0 Å². The maximum absolute atomic E-state index is 12.3. The number of furan rings is 1. The first kappa shape index (κ1) is 16.4. The predicted octanol–water partition coefficient (Wildman–Crippen LogP) is 3.53. The molecule has 1 aromatic heterocycles. The molecule has 118 valence electrons. The van der Waals surface area contributed by atoms with Crippen LogP contribution in [-0.2, 0) is 9.53 Å². The molecule has 1 N–H and O–H groups in total. The number of carbonyl (C=O) groups is 1. The van der Waals surface area contributed by atoms with Crippen LogP contribution in [0.4, 0.5) is 0 Å². The predicted molar refractivity (Wildman–Crippen MR) is 84.6 cm³/mol. The molecule has 0 aromatic carbocycles. The van der Waals surface area contributed by atoms with Crippen molar-refractivity contribution in [3.63, 3.8) is 0 Å². The van der Waals surface area contributed by atoms with Crippen LogP contribution in [0.2, 0.25) is 0 Å². The third-order valence-corrected chi connectivity index (χ3v) is 5.36. The van der Waals surface area contributed by atoms with E-state index in [1.54, 1.807) is 6.26 Å². The number of aryl methyl sites for hydroxylation is 1. The Hall–Kier alpha value is -0.940. The van der Waals surface area contributed by atoms with E-state index in [4.69, 9.17) is 9.15 Å². The first-order valence-electron chi connectivity index (χ1n) is 7.54. The summed E-state index contributed by atoms with van der Waals surface area (Å²) in [5, 5.41) is 3.86. The molecule has 0 radical (unpaired) electrons. The molecule has 4 nitrogen and oxygen atoms in total. The highest BCUT2D eigenvalue weighted by atomic mass is 32.2. The van der Waals surface area contributed by atoms with Gasteiger partial charge in [-0.05, 0) is 52.5 Å². The minimum absolute atomic E-state index is 0.134. The van der Waals surface area contributed by atoms with Gasteiger partial charge in [-0.25, -0.2) is 0 Å². The van der Waals surface area contributed by atoms with Crippen molar-refractivity contribution in [2.45, 2.75) is 68.2 Å². The standard InChI is InChI=1S/C16H25NO3S/c1-11(2)17-16(15(18)19-4)8-5-6-13(10-16)21-14-7-9-20-12(14)3/h7,9,11,13,17H,5-6,8,10H2,1-4H3. The van der Waals surface area contributed by atoms with Crippen molar-refractivity contribution in [1.29, 1.82) is 0 Å².